The zero-order valence-corrected chi connectivity index (χ0v) is 15.3. The van der Waals surface area contributed by atoms with Gasteiger partial charge in [0.25, 0.3) is 0 Å². The third-order valence-corrected chi connectivity index (χ3v) is 4.64. The van der Waals surface area contributed by atoms with Crippen molar-refractivity contribution in [3.63, 3.8) is 0 Å². The van der Waals surface area contributed by atoms with Crippen LogP contribution in [0.1, 0.15) is 5.56 Å². The molecular weight excluding hydrogens is 363 g/mol. The number of hydrogen-bond donors (Lipinski definition) is 2. The fourth-order valence-corrected chi connectivity index (χ4v) is 3.03. The van der Waals surface area contributed by atoms with Gasteiger partial charge in [-0.3, -0.25) is 9.89 Å². The van der Waals surface area contributed by atoms with Crippen molar-refractivity contribution in [3.8, 4) is 0 Å². The van der Waals surface area contributed by atoms with Gasteiger partial charge in [-0.1, -0.05) is 35.3 Å². The van der Waals surface area contributed by atoms with Crippen molar-refractivity contribution in [2.24, 2.45) is 4.99 Å². The van der Waals surface area contributed by atoms with Crippen molar-refractivity contribution in [2.45, 2.75) is 6.92 Å². The molecule has 124 valence electrons. The fourth-order valence-electron chi connectivity index (χ4n) is 2.37. The lowest BCUT2D eigenvalue weighted by molar-refractivity contribution is 0.674. The van der Waals surface area contributed by atoms with E-state index in [1.807, 2.05) is 54.3 Å². The van der Waals surface area contributed by atoms with Crippen molar-refractivity contribution in [1.82, 2.24) is 4.90 Å². The average Bonchev–Trinajstić information content (AvgIpc) is 3.00. The monoisotopic (exact) mass is 378 g/mol. The third-order valence-electron chi connectivity index (χ3n) is 3.68. The first-order valence-electron chi connectivity index (χ1n) is 7.45. The summed E-state index contributed by atoms with van der Waals surface area (Å²) in [7, 11) is 0. The Morgan fingerprint density at radius 2 is 2.00 bits per heavy atom. The molecule has 0 bridgehead atoms. The molecule has 1 heterocycles. The van der Waals surface area contributed by atoms with E-state index >= 15 is 0 Å². The highest BCUT2D eigenvalue weighted by Gasteiger charge is 2.22. The second-order valence-electron chi connectivity index (χ2n) is 5.33. The molecule has 2 N–H and O–H groups in total. The smallest absolute Gasteiger partial charge is 0.204 e. The van der Waals surface area contributed by atoms with Gasteiger partial charge in [-0.05, 0) is 55.0 Å². The van der Waals surface area contributed by atoms with Crippen LogP contribution in [-0.2, 0) is 0 Å². The van der Waals surface area contributed by atoms with Gasteiger partial charge in [-0.15, -0.1) is 0 Å². The number of nitrogens with one attached hydrogen (secondary N) is 2. The summed E-state index contributed by atoms with van der Waals surface area (Å²) in [5.74, 6) is 0.708. The maximum absolute atomic E-state index is 6.18. The number of thiocarbonyl (C=S) groups is 1. The zero-order chi connectivity index (χ0) is 17.1. The first-order valence-corrected chi connectivity index (χ1v) is 8.61. The van der Waals surface area contributed by atoms with E-state index in [0.717, 1.165) is 16.9 Å². The fraction of sp³-hybridized carbons (Fsp3) is 0.176. The van der Waals surface area contributed by atoms with Gasteiger partial charge in [0.05, 0.1) is 6.54 Å². The topological polar surface area (TPSA) is 39.7 Å². The van der Waals surface area contributed by atoms with Gasteiger partial charge in [-0.2, -0.15) is 0 Å². The highest BCUT2D eigenvalue weighted by molar-refractivity contribution is 7.80. The van der Waals surface area contributed by atoms with Crippen molar-refractivity contribution < 1.29 is 0 Å². The molecule has 0 aromatic heterocycles. The second kappa shape index (κ2) is 7.38. The molecule has 4 nitrogen and oxygen atoms in total. The molecule has 2 aromatic carbocycles. The number of benzene rings is 2. The Hall–Kier alpha value is -1.82. The van der Waals surface area contributed by atoms with Crippen LogP contribution in [0.3, 0.4) is 0 Å². The van der Waals surface area contributed by atoms with Crippen LogP contribution >= 0.6 is 35.4 Å². The second-order valence-corrected chi connectivity index (χ2v) is 6.57. The van der Waals surface area contributed by atoms with E-state index in [1.165, 1.54) is 0 Å². The lowest BCUT2D eigenvalue weighted by Crippen LogP contribution is -2.41. The summed E-state index contributed by atoms with van der Waals surface area (Å²) in [5.41, 5.74) is 2.74. The third kappa shape index (κ3) is 3.80. The quantitative estimate of drug-likeness (QED) is 0.737. The van der Waals surface area contributed by atoms with Crippen LogP contribution in [0.2, 0.25) is 10.0 Å². The van der Waals surface area contributed by atoms with E-state index in [1.54, 1.807) is 0 Å². The molecule has 0 atom stereocenters. The van der Waals surface area contributed by atoms with Crippen LogP contribution in [0.15, 0.2) is 47.5 Å². The first kappa shape index (κ1) is 17.0. The molecule has 0 unspecified atom stereocenters. The predicted molar refractivity (Wildman–Crippen MR) is 106 cm³/mol. The SMILES string of the molecule is Cc1c(Cl)cccc1NC1=NCCN1C(=S)Nc1cccc(Cl)c1. The molecule has 0 aliphatic carbocycles. The lowest BCUT2D eigenvalue weighted by atomic mass is 10.2. The van der Waals surface area contributed by atoms with Gasteiger partial charge in [-0.25, -0.2) is 0 Å². The summed E-state index contributed by atoms with van der Waals surface area (Å²) < 4.78 is 0. The largest absolute Gasteiger partial charge is 0.332 e. The zero-order valence-electron chi connectivity index (χ0n) is 13.0. The van der Waals surface area contributed by atoms with E-state index in [9.17, 15) is 0 Å². The van der Waals surface area contributed by atoms with E-state index in [2.05, 4.69) is 15.6 Å². The van der Waals surface area contributed by atoms with Gasteiger partial charge in [0.1, 0.15) is 0 Å². The van der Waals surface area contributed by atoms with Gasteiger partial charge >= 0.3 is 0 Å². The molecule has 0 amide bonds. The Balaban J connectivity index is 1.73. The minimum Gasteiger partial charge on any atom is -0.332 e. The maximum Gasteiger partial charge on any atom is 0.204 e. The van der Waals surface area contributed by atoms with E-state index in [4.69, 9.17) is 35.4 Å². The lowest BCUT2D eigenvalue weighted by Gasteiger charge is -2.23. The molecule has 7 heteroatoms. The maximum atomic E-state index is 6.18. The first-order chi connectivity index (χ1) is 11.5. The number of guanidine groups is 1. The predicted octanol–water partition coefficient (Wildman–Crippen LogP) is 4.78. The van der Waals surface area contributed by atoms with Gasteiger partial charge < -0.3 is 10.6 Å². The summed E-state index contributed by atoms with van der Waals surface area (Å²) in [6, 6.07) is 13.2. The molecular formula is C17H16Cl2N4S. The van der Waals surface area contributed by atoms with Crippen LogP contribution in [0.5, 0.6) is 0 Å². The molecule has 0 fully saturated rings. The normalized spacial score (nSPS) is 13.6. The molecule has 0 radical (unpaired) electrons. The summed E-state index contributed by atoms with van der Waals surface area (Å²) in [6.45, 7) is 3.36. The van der Waals surface area contributed by atoms with Gasteiger partial charge in [0.2, 0.25) is 5.96 Å². The number of anilines is 2. The Bertz CT molecular complexity index is 807. The average molecular weight is 379 g/mol. The summed E-state index contributed by atoms with van der Waals surface area (Å²) in [6.07, 6.45) is 0. The Labute approximate surface area is 156 Å². The number of nitrogens with zero attached hydrogens (tertiary/aromatic N) is 2. The van der Waals surface area contributed by atoms with Crippen molar-refractivity contribution >= 4 is 57.9 Å². The molecule has 3 rings (SSSR count). The summed E-state index contributed by atoms with van der Waals surface area (Å²) in [4.78, 5) is 6.43. The molecule has 1 aliphatic rings. The van der Waals surface area contributed by atoms with Crippen molar-refractivity contribution in [3.05, 3.63) is 58.1 Å². The highest BCUT2D eigenvalue weighted by Crippen LogP contribution is 2.24. The van der Waals surface area contributed by atoms with Gasteiger partial charge in [0.15, 0.2) is 5.11 Å². The molecule has 1 aliphatic heterocycles. The standard InChI is InChI=1S/C17H16Cl2N4S/c1-11-14(19)6-3-7-15(11)22-16-20-8-9-23(16)17(24)21-13-5-2-4-12(18)10-13/h2-7,10H,8-9H2,1H3,(H,20,22)(H,21,24). The number of hydrogen-bond acceptors (Lipinski definition) is 3. The van der Waals surface area contributed by atoms with Crippen LogP contribution < -0.4 is 10.6 Å². The van der Waals surface area contributed by atoms with Crippen LogP contribution in [0.25, 0.3) is 0 Å². The number of rotatable bonds is 2. The van der Waals surface area contributed by atoms with E-state index in [0.29, 0.717) is 34.2 Å². The highest BCUT2D eigenvalue weighted by atomic mass is 35.5. The van der Waals surface area contributed by atoms with Crippen LogP contribution in [-0.4, -0.2) is 29.1 Å². The van der Waals surface area contributed by atoms with Crippen LogP contribution in [0, 0.1) is 6.92 Å². The number of halogens is 2. The van der Waals surface area contributed by atoms with E-state index < -0.39 is 0 Å². The van der Waals surface area contributed by atoms with E-state index in [-0.39, 0.29) is 0 Å². The molecule has 0 saturated carbocycles. The van der Waals surface area contributed by atoms with Crippen molar-refractivity contribution in [1.29, 1.82) is 0 Å². The molecule has 24 heavy (non-hydrogen) atoms. The van der Waals surface area contributed by atoms with Crippen LogP contribution in [0.4, 0.5) is 11.4 Å². The Morgan fingerprint density at radius 1 is 1.21 bits per heavy atom. The van der Waals surface area contributed by atoms with Crippen molar-refractivity contribution in [2.75, 3.05) is 23.7 Å². The van der Waals surface area contributed by atoms with Gasteiger partial charge in [0, 0.05) is 28.0 Å². The molecule has 0 spiro atoms. The minimum atomic E-state index is 0.570. The molecule has 2 aromatic rings. The summed E-state index contributed by atoms with van der Waals surface area (Å²) in [5, 5.41) is 8.45. The number of aliphatic imine (C=N–C) groups is 1. The Kier molecular flexibility index (Phi) is 5.23. The minimum absolute atomic E-state index is 0.570. The molecule has 0 saturated heterocycles. The Morgan fingerprint density at radius 3 is 2.79 bits per heavy atom. The summed E-state index contributed by atoms with van der Waals surface area (Å²) >= 11 is 17.7.